The number of hydrogen-bond donors (Lipinski definition) is 1. The van der Waals surface area contributed by atoms with E-state index in [1.807, 2.05) is 42.8 Å². The van der Waals surface area contributed by atoms with Gasteiger partial charge in [-0.05, 0) is 62.6 Å². The molecule has 33 heavy (non-hydrogen) atoms. The van der Waals surface area contributed by atoms with Crippen LogP contribution in [0.15, 0.2) is 53.7 Å². The maximum absolute atomic E-state index is 12.7. The molecule has 0 spiro atoms. The highest BCUT2D eigenvalue weighted by Crippen LogP contribution is 2.26. The minimum atomic E-state index is -0.341. The predicted molar refractivity (Wildman–Crippen MR) is 133 cm³/mol. The lowest BCUT2D eigenvalue weighted by Gasteiger charge is -2.28. The van der Waals surface area contributed by atoms with Gasteiger partial charge < -0.3 is 19.5 Å². The zero-order valence-electron chi connectivity index (χ0n) is 18.8. The molecule has 1 aromatic heterocycles. The van der Waals surface area contributed by atoms with Crippen molar-refractivity contribution in [3.63, 3.8) is 0 Å². The van der Waals surface area contributed by atoms with Crippen molar-refractivity contribution in [1.82, 2.24) is 14.8 Å². The Balaban J connectivity index is 1.31. The van der Waals surface area contributed by atoms with Crippen LogP contribution >= 0.6 is 23.4 Å². The first-order valence-electron chi connectivity index (χ1n) is 11.1. The quantitative estimate of drug-likeness (QED) is 0.444. The van der Waals surface area contributed by atoms with Crippen LogP contribution in [-0.2, 0) is 18.4 Å². The third-order valence-corrected chi connectivity index (χ3v) is 7.07. The first-order valence-corrected chi connectivity index (χ1v) is 12.3. The largest absolute Gasteiger partial charge is 0.484 e. The second-order valence-electron chi connectivity index (χ2n) is 8.02. The number of anilines is 2. The summed E-state index contributed by atoms with van der Waals surface area (Å²) in [6.07, 6.45) is 3.79. The monoisotopic (exact) mass is 485 g/mol. The standard InChI is InChI=1S/C24H28ClN5O2S/c1-17(23(31)26-18-10-12-19(13-11-18)30-14-6-3-7-15-30)33-24-28-27-22(29(24)2)16-32-21-9-5-4-8-20(21)25/h4-5,8-13,17H,3,6-7,14-16H2,1-2H3,(H,26,31)/t17-/m1/s1. The Labute approximate surface area is 203 Å². The lowest BCUT2D eigenvalue weighted by atomic mass is 10.1. The van der Waals surface area contributed by atoms with Crippen LogP contribution in [0.4, 0.5) is 11.4 Å². The van der Waals surface area contributed by atoms with Crippen LogP contribution in [0, 0.1) is 0 Å². The Hall–Kier alpha value is -2.71. The van der Waals surface area contributed by atoms with Gasteiger partial charge in [0.05, 0.1) is 10.3 Å². The van der Waals surface area contributed by atoms with Crippen molar-refractivity contribution in [2.75, 3.05) is 23.3 Å². The highest BCUT2D eigenvalue weighted by Gasteiger charge is 2.20. The number of nitrogens with one attached hydrogen (secondary N) is 1. The average molecular weight is 486 g/mol. The predicted octanol–water partition coefficient (Wildman–Crippen LogP) is 5.16. The van der Waals surface area contributed by atoms with Crippen LogP contribution < -0.4 is 15.0 Å². The van der Waals surface area contributed by atoms with Gasteiger partial charge in [0, 0.05) is 31.5 Å². The van der Waals surface area contributed by atoms with Crippen molar-refractivity contribution in [2.24, 2.45) is 7.05 Å². The summed E-state index contributed by atoms with van der Waals surface area (Å²) >= 11 is 7.49. The summed E-state index contributed by atoms with van der Waals surface area (Å²) in [5, 5.41) is 12.3. The van der Waals surface area contributed by atoms with Crippen molar-refractivity contribution >= 4 is 40.6 Å². The van der Waals surface area contributed by atoms with Crippen LogP contribution in [0.2, 0.25) is 5.02 Å². The van der Waals surface area contributed by atoms with E-state index in [2.05, 4.69) is 32.5 Å². The summed E-state index contributed by atoms with van der Waals surface area (Å²) in [5.41, 5.74) is 2.00. The van der Waals surface area contributed by atoms with Crippen molar-refractivity contribution in [3.05, 3.63) is 59.4 Å². The van der Waals surface area contributed by atoms with Gasteiger partial charge in [-0.15, -0.1) is 10.2 Å². The van der Waals surface area contributed by atoms with Gasteiger partial charge in [-0.3, -0.25) is 4.79 Å². The Bertz CT molecular complexity index is 1080. The van der Waals surface area contributed by atoms with E-state index in [0.717, 1.165) is 18.8 Å². The third-order valence-electron chi connectivity index (χ3n) is 5.63. The molecular formula is C24H28ClN5O2S. The molecular weight excluding hydrogens is 458 g/mol. The zero-order valence-corrected chi connectivity index (χ0v) is 20.4. The van der Waals surface area contributed by atoms with Gasteiger partial charge in [-0.25, -0.2) is 0 Å². The number of carbonyl (C=O) groups is 1. The number of hydrogen-bond acceptors (Lipinski definition) is 6. The molecule has 1 aliphatic heterocycles. The number of halogens is 1. The molecule has 174 valence electrons. The fraction of sp³-hybridized carbons (Fsp3) is 0.375. The van der Waals surface area contributed by atoms with E-state index in [0.29, 0.717) is 21.8 Å². The number of rotatable bonds is 8. The van der Waals surface area contributed by atoms with Gasteiger partial charge in [0.25, 0.3) is 0 Å². The molecule has 1 amide bonds. The third kappa shape index (κ3) is 6.00. The van der Waals surface area contributed by atoms with E-state index in [1.165, 1.54) is 36.7 Å². The Morgan fingerprint density at radius 3 is 2.58 bits per heavy atom. The van der Waals surface area contributed by atoms with E-state index >= 15 is 0 Å². The number of benzene rings is 2. The zero-order chi connectivity index (χ0) is 23.2. The van der Waals surface area contributed by atoms with Crippen LogP contribution in [-0.4, -0.2) is 39.0 Å². The van der Waals surface area contributed by atoms with Gasteiger partial charge in [0.1, 0.15) is 12.4 Å². The SMILES string of the molecule is C[C@@H](Sc1nnc(COc2ccccc2Cl)n1C)C(=O)Nc1ccc(N2CCCCC2)cc1. The summed E-state index contributed by atoms with van der Waals surface area (Å²) in [7, 11) is 1.86. The van der Waals surface area contributed by atoms with Crippen molar-refractivity contribution in [1.29, 1.82) is 0 Å². The minimum absolute atomic E-state index is 0.0809. The highest BCUT2D eigenvalue weighted by atomic mass is 35.5. The second-order valence-corrected chi connectivity index (χ2v) is 9.74. The fourth-order valence-corrected chi connectivity index (χ4v) is 4.66. The number of piperidine rings is 1. The summed E-state index contributed by atoms with van der Waals surface area (Å²) in [5.74, 6) is 1.16. The molecule has 1 aliphatic rings. The van der Waals surface area contributed by atoms with E-state index < -0.39 is 0 Å². The van der Waals surface area contributed by atoms with Crippen LogP contribution in [0.3, 0.4) is 0 Å². The van der Waals surface area contributed by atoms with Gasteiger partial charge in [0.2, 0.25) is 5.91 Å². The molecule has 0 bridgehead atoms. The number of ether oxygens (including phenoxy) is 1. The number of amides is 1. The molecule has 1 atom stereocenters. The molecule has 7 nitrogen and oxygen atoms in total. The summed E-state index contributed by atoms with van der Waals surface area (Å²) in [4.78, 5) is 15.1. The second kappa shape index (κ2) is 10.9. The Morgan fingerprint density at radius 2 is 1.85 bits per heavy atom. The molecule has 3 aromatic rings. The van der Waals surface area contributed by atoms with E-state index in [4.69, 9.17) is 16.3 Å². The maximum atomic E-state index is 12.7. The molecule has 2 heterocycles. The molecule has 2 aromatic carbocycles. The molecule has 9 heteroatoms. The number of thioether (sulfide) groups is 1. The molecule has 1 fully saturated rings. The number of nitrogens with zero attached hydrogens (tertiary/aromatic N) is 4. The molecule has 1 N–H and O–H groups in total. The summed E-state index contributed by atoms with van der Waals surface area (Å²) in [6.45, 7) is 4.29. The van der Waals surface area contributed by atoms with Gasteiger partial charge in [0.15, 0.2) is 11.0 Å². The maximum Gasteiger partial charge on any atom is 0.237 e. The van der Waals surface area contributed by atoms with Crippen LogP contribution in [0.5, 0.6) is 5.75 Å². The van der Waals surface area contributed by atoms with Crippen molar-refractivity contribution < 1.29 is 9.53 Å². The van der Waals surface area contributed by atoms with Gasteiger partial charge in [-0.1, -0.05) is 35.5 Å². The Morgan fingerprint density at radius 1 is 1.12 bits per heavy atom. The summed E-state index contributed by atoms with van der Waals surface area (Å²) < 4.78 is 7.59. The lowest BCUT2D eigenvalue weighted by Crippen LogP contribution is -2.29. The summed E-state index contributed by atoms with van der Waals surface area (Å²) in [6, 6.07) is 15.4. The van der Waals surface area contributed by atoms with Crippen LogP contribution in [0.25, 0.3) is 0 Å². The normalized spacial score (nSPS) is 14.7. The van der Waals surface area contributed by atoms with E-state index in [1.54, 1.807) is 12.1 Å². The lowest BCUT2D eigenvalue weighted by molar-refractivity contribution is -0.115. The van der Waals surface area contributed by atoms with E-state index in [-0.39, 0.29) is 17.8 Å². The number of para-hydroxylation sites is 1. The number of aromatic nitrogens is 3. The molecule has 0 aliphatic carbocycles. The smallest absolute Gasteiger partial charge is 0.237 e. The van der Waals surface area contributed by atoms with Gasteiger partial charge >= 0.3 is 0 Å². The molecule has 0 saturated carbocycles. The molecule has 1 saturated heterocycles. The van der Waals surface area contributed by atoms with E-state index in [9.17, 15) is 4.79 Å². The topological polar surface area (TPSA) is 72.3 Å². The fourth-order valence-electron chi connectivity index (χ4n) is 3.64. The number of carbonyl (C=O) groups excluding carboxylic acids is 1. The first kappa shape index (κ1) is 23.4. The molecule has 0 unspecified atom stereocenters. The van der Waals surface area contributed by atoms with Gasteiger partial charge in [-0.2, -0.15) is 0 Å². The first-order chi connectivity index (χ1) is 16.0. The average Bonchev–Trinajstić information content (AvgIpc) is 3.18. The molecule has 0 radical (unpaired) electrons. The van der Waals surface area contributed by atoms with Crippen LogP contribution in [0.1, 0.15) is 32.0 Å². The van der Waals surface area contributed by atoms with Crippen molar-refractivity contribution in [3.8, 4) is 5.75 Å². The highest BCUT2D eigenvalue weighted by molar-refractivity contribution is 8.00. The minimum Gasteiger partial charge on any atom is -0.484 e. The Kier molecular flexibility index (Phi) is 7.77. The van der Waals surface area contributed by atoms with Crippen molar-refractivity contribution in [2.45, 2.75) is 43.2 Å². The molecule has 4 rings (SSSR count).